The van der Waals surface area contributed by atoms with E-state index in [1.165, 1.54) is 0 Å². The molecule has 1 aromatic carbocycles. The summed E-state index contributed by atoms with van der Waals surface area (Å²) < 4.78 is 7.48. The minimum absolute atomic E-state index is 0.198. The summed E-state index contributed by atoms with van der Waals surface area (Å²) in [6.07, 6.45) is 5.23. The number of amides is 1. The third-order valence-corrected chi connectivity index (χ3v) is 5.73. The zero-order valence-electron chi connectivity index (χ0n) is 17.6. The zero-order chi connectivity index (χ0) is 21.3. The molecule has 4 rings (SSSR count). The molecule has 1 amide bonds. The number of hydrogen-bond donors (Lipinski definition) is 2. The highest BCUT2D eigenvalue weighted by atomic mass is 16.5. The lowest BCUT2D eigenvalue weighted by Crippen LogP contribution is -2.21. The number of aromatic nitrogens is 3. The Bertz CT molecular complexity index is 1050. The van der Waals surface area contributed by atoms with Gasteiger partial charge in [-0.05, 0) is 49.8 Å². The van der Waals surface area contributed by atoms with Gasteiger partial charge in [0.1, 0.15) is 11.4 Å². The van der Waals surface area contributed by atoms with E-state index in [0.29, 0.717) is 17.1 Å². The van der Waals surface area contributed by atoms with Crippen molar-refractivity contribution < 1.29 is 14.6 Å². The second kappa shape index (κ2) is 8.44. The summed E-state index contributed by atoms with van der Waals surface area (Å²) in [6, 6.07) is 9.50. The Morgan fingerprint density at radius 2 is 2.00 bits per heavy atom. The SMILES string of the molecule is COc1cc2nn(C3CCC(O)CC3)cc2cc1NC(=O)c1cccc(C(C)C)n1. The molecular weight excluding hydrogens is 380 g/mol. The van der Waals surface area contributed by atoms with Crippen molar-refractivity contribution in [1.29, 1.82) is 0 Å². The summed E-state index contributed by atoms with van der Waals surface area (Å²) in [4.78, 5) is 17.3. The summed E-state index contributed by atoms with van der Waals surface area (Å²) in [5.74, 6) is 0.527. The van der Waals surface area contributed by atoms with Crippen molar-refractivity contribution in [3.8, 4) is 5.75 Å². The number of aliphatic hydroxyl groups is 1. The minimum Gasteiger partial charge on any atom is -0.494 e. The van der Waals surface area contributed by atoms with Gasteiger partial charge in [-0.25, -0.2) is 4.98 Å². The second-order valence-electron chi connectivity index (χ2n) is 8.24. The summed E-state index contributed by atoms with van der Waals surface area (Å²) in [6.45, 7) is 4.09. The molecule has 0 spiro atoms. The van der Waals surface area contributed by atoms with Crippen molar-refractivity contribution in [2.24, 2.45) is 0 Å². The van der Waals surface area contributed by atoms with E-state index < -0.39 is 0 Å². The Morgan fingerprint density at radius 3 is 2.70 bits per heavy atom. The fourth-order valence-corrected chi connectivity index (χ4v) is 3.93. The van der Waals surface area contributed by atoms with Crippen LogP contribution in [0, 0.1) is 0 Å². The Balaban J connectivity index is 1.60. The van der Waals surface area contributed by atoms with Gasteiger partial charge in [-0.1, -0.05) is 19.9 Å². The topological polar surface area (TPSA) is 89.3 Å². The molecule has 0 saturated heterocycles. The van der Waals surface area contributed by atoms with Crippen LogP contribution in [0.5, 0.6) is 5.75 Å². The van der Waals surface area contributed by atoms with E-state index in [-0.39, 0.29) is 24.0 Å². The number of nitrogens with one attached hydrogen (secondary N) is 1. The van der Waals surface area contributed by atoms with Crippen molar-refractivity contribution in [2.45, 2.75) is 57.6 Å². The highest BCUT2D eigenvalue weighted by Gasteiger charge is 2.22. The van der Waals surface area contributed by atoms with E-state index in [1.807, 2.05) is 49.0 Å². The molecule has 3 aromatic rings. The van der Waals surface area contributed by atoms with Crippen LogP contribution in [-0.2, 0) is 0 Å². The van der Waals surface area contributed by atoms with Gasteiger partial charge in [0.2, 0.25) is 0 Å². The molecule has 2 aromatic heterocycles. The maximum Gasteiger partial charge on any atom is 0.274 e. The molecular formula is C23H28N4O3. The number of nitrogens with zero attached hydrogens (tertiary/aromatic N) is 3. The quantitative estimate of drug-likeness (QED) is 0.657. The van der Waals surface area contributed by atoms with Crippen LogP contribution in [0.25, 0.3) is 10.9 Å². The van der Waals surface area contributed by atoms with Gasteiger partial charge in [0.05, 0.1) is 30.5 Å². The summed E-state index contributed by atoms with van der Waals surface area (Å²) in [5.41, 5.74) is 2.66. The molecule has 7 nitrogen and oxygen atoms in total. The van der Waals surface area contributed by atoms with Gasteiger partial charge in [0, 0.05) is 23.3 Å². The van der Waals surface area contributed by atoms with Gasteiger partial charge in [-0.15, -0.1) is 0 Å². The fourth-order valence-electron chi connectivity index (χ4n) is 3.93. The lowest BCUT2D eigenvalue weighted by Gasteiger charge is -2.25. The number of ether oxygens (including phenoxy) is 1. The number of carbonyl (C=O) groups is 1. The van der Waals surface area contributed by atoms with Crippen LogP contribution in [0.1, 0.15) is 67.7 Å². The van der Waals surface area contributed by atoms with Crippen molar-refractivity contribution in [2.75, 3.05) is 12.4 Å². The van der Waals surface area contributed by atoms with Crippen LogP contribution in [0.4, 0.5) is 5.69 Å². The molecule has 30 heavy (non-hydrogen) atoms. The Labute approximate surface area is 176 Å². The molecule has 0 atom stereocenters. The monoisotopic (exact) mass is 408 g/mol. The third-order valence-electron chi connectivity index (χ3n) is 5.73. The predicted molar refractivity (Wildman–Crippen MR) is 116 cm³/mol. The standard InChI is InChI=1S/C23H28N4O3/c1-14(2)18-5-4-6-19(24-18)23(29)25-21-11-15-13-27(16-7-9-17(28)10-8-16)26-20(15)12-22(21)30-3/h4-6,11-14,16-17,28H,7-10H2,1-3H3,(H,25,29). The van der Waals surface area contributed by atoms with E-state index in [9.17, 15) is 9.90 Å². The van der Waals surface area contributed by atoms with Crippen molar-refractivity contribution >= 4 is 22.5 Å². The first-order valence-electron chi connectivity index (χ1n) is 10.5. The lowest BCUT2D eigenvalue weighted by atomic mass is 9.93. The van der Waals surface area contributed by atoms with Crippen LogP contribution in [-0.4, -0.2) is 39.0 Å². The van der Waals surface area contributed by atoms with E-state index in [2.05, 4.69) is 10.3 Å². The molecule has 0 unspecified atom stereocenters. The van der Waals surface area contributed by atoms with Crippen LogP contribution in [0.15, 0.2) is 36.5 Å². The largest absolute Gasteiger partial charge is 0.494 e. The van der Waals surface area contributed by atoms with Gasteiger partial charge in [0.15, 0.2) is 0 Å². The maximum absolute atomic E-state index is 12.8. The van der Waals surface area contributed by atoms with Crippen molar-refractivity contribution in [3.05, 3.63) is 47.9 Å². The van der Waals surface area contributed by atoms with Gasteiger partial charge < -0.3 is 15.2 Å². The molecule has 158 valence electrons. The smallest absolute Gasteiger partial charge is 0.274 e. The van der Waals surface area contributed by atoms with Crippen molar-refractivity contribution in [1.82, 2.24) is 14.8 Å². The number of rotatable bonds is 5. The van der Waals surface area contributed by atoms with E-state index >= 15 is 0 Å². The number of methoxy groups -OCH3 is 1. The number of aliphatic hydroxyl groups excluding tert-OH is 1. The van der Waals surface area contributed by atoms with Crippen LogP contribution < -0.4 is 10.1 Å². The molecule has 1 fully saturated rings. The number of anilines is 1. The van der Waals surface area contributed by atoms with Crippen molar-refractivity contribution in [3.63, 3.8) is 0 Å². The molecule has 0 bridgehead atoms. The van der Waals surface area contributed by atoms with Crippen LogP contribution in [0.3, 0.4) is 0 Å². The summed E-state index contributed by atoms with van der Waals surface area (Å²) in [7, 11) is 1.58. The normalized spacial score (nSPS) is 19.2. The predicted octanol–water partition coefficient (Wildman–Crippen LogP) is 4.29. The third kappa shape index (κ3) is 4.16. The fraction of sp³-hybridized carbons (Fsp3) is 0.435. The first-order valence-corrected chi connectivity index (χ1v) is 10.5. The zero-order valence-corrected chi connectivity index (χ0v) is 17.6. The maximum atomic E-state index is 12.8. The van der Waals surface area contributed by atoms with E-state index in [1.54, 1.807) is 13.2 Å². The average Bonchev–Trinajstić information content (AvgIpc) is 3.16. The molecule has 1 aliphatic rings. The first kappa shape index (κ1) is 20.3. The summed E-state index contributed by atoms with van der Waals surface area (Å²) >= 11 is 0. The molecule has 1 saturated carbocycles. The molecule has 2 N–H and O–H groups in total. The van der Waals surface area contributed by atoms with Crippen LogP contribution in [0.2, 0.25) is 0 Å². The number of fused-ring (bicyclic) bond motifs is 1. The number of hydrogen-bond acceptors (Lipinski definition) is 5. The molecule has 0 radical (unpaired) electrons. The molecule has 0 aliphatic heterocycles. The first-order chi connectivity index (χ1) is 14.4. The van der Waals surface area contributed by atoms with Gasteiger partial charge in [-0.3, -0.25) is 9.48 Å². The molecule has 1 aliphatic carbocycles. The second-order valence-corrected chi connectivity index (χ2v) is 8.24. The van der Waals surface area contributed by atoms with Gasteiger partial charge in [0.25, 0.3) is 5.91 Å². The van der Waals surface area contributed by atoms with E-state index in [0.717, 1.165) is 42.3 Å². The Morgan fingerprint density at radius 1 is 1.23 bits per heavy atom. The Kier molecular flexibility index (Phi) is 5.72. The van der Waals surface area contributed by atoms with Crippen LogP contribution >= 0.6 is 0 Å². The summed E-state index contributed by atoms with van der Waals surface area (Å²) in [5, 5.41) is 18.3. The number of benzene rings is 1. The highest BCUT2D eigenvalue weighted by molar-refractivity contribution is 6.05. The molecule has 2 heterocycles. The lowest BCUT2D eigenvalue weighted by molar-refractivity contribution is 0.102. The highest BCUT2D eigenvalue weighted by Crippen LogP contribution is 2.33. The minimum atomic E-state index is -0.274. The average molecular weight is 409 g/mol. The van der Waals surface area contributed by atoms with E-state index in [4.69, 9.17) is 9.84 Å². The van der Waals surface area contributed by atoms with Gasteiger partial charge in [-0.2, -0.15) is 5.10 Å². The van der Waals surface area contributed by atoms with Gasteiger partial charge >= 0.3 is 0 Å². The number of carbonyl (C=O) groups excluding carboxylic acids is 1. The Hall–Kier alpha value is -2.93. The molecule has 7 heteroatoms. The number of pyridine rings is 1.